The summed E-state index contributed by atoms with van der Waals surface area (Å²) in [4.78, 5) is 14.6. The Morgan fingerprint density at radius 1 is 1.21 bits per heavy atom. The first-order valence-corrected chi connectivity index (χ1v) is 10.4. The van der Waals surface area contributed by atoms with E-state index in [2.05, 4.69) is 15.5 Å². The number of ether oxygens (including phenoxy) is 1. The molecule has 1 saturated carbocycles. The third kappa shape index (κ3) is 4.30. The number of carbonyl (C=O) groups excluding carboxylic acids is 1. The second kappa shape index (κ2) is 8.01. The van der Waals surface area contributed by atoms with Gasteiger partial charge in [0.15, 0.2) is 0 Å². The van der Waals surface area contributed by atoms with Crippen molar-refractivity contribution in [3.63, 3.8) is 0 Å². The van der Waals surface area contributed by atoms with Crippen molar-refractivity contribution in [3.05, 3.63) is 53.7 Å². The molecule has 1 aromatic carbocycles. The van der Waals surface area contributed by atoms with Gasteiger partial charge in [0.1, 0.15) is 29.1 Å². The maximum Gasteiger partial charge on any atom is 0.416 e. The van der Waals surface area contributed by atoms with E-state index in [0.717, 1.165) is 12.1 Å². The second-order valence-corrected chi connectivity index (χ2v) is 8.36. The van der Waals surface area contributed by atoms with Crippen LogP contribution in [0.15, 0.2) is 36.8 Å². The molecule has 2 fully saturated rings. The number of rotatable bonds is 6. The first kappa shape index (κ1) is 22.2. The molecular formula is C21H20F4N6O3. The first-order valence-electron chi connectivity index (χ1n) is 10.4. The number of hydrogen-bond acceptors (Lipinski definition) is 6. The monoisotopic (exact) mass is 480 g/mol. The number of amides is 1. The summed E-state index contributed by atoms with van der Waals surface area (Å²) in [6.07, 6.45) is -0.447. The zero-order chi connectivity index (χ0) is 24.2. The van der Waals surface area contributed by atoms with E-state index >= 15 is 0 Å². The maximum absolute atomic E-state index is 13.6. The lowest BCUT2D eigenvalue weighted by molar-refractivity contribution is -0.137. The molecule has 9 nitrogen and oxygen atoms in total. The Labute approximate surface area is 190 Å². The predicted molar refractivity (Wildman–Crippen MR) is 111 cm³/mol. The lowest BCUT2D eigenvalue weighted by atomic mass is 10.1. The summed E-state index contributed by atoms with van der Waals surface area (Å²) in [7, 11) is 1.66. The number of aliphatic hydroxyl groups is 1. The molecule has 180 valence electrons. The van der Waals surface area contributed by atoms with Crippen LogP contribution in [0.3, 0.4) is 0 Å². The molecule has 13 heteroatoms. The van der Waals surface area contributed by atoms with Crippen molar-refractivity contribution in [1.29, 1.82) is 0 Å². The minimum absolute atomic E-state index is 0.0806. The number of aliphatic hydroxyl groups excluding tert-OH is 1. The Balaban J connectivity index is 1.24. The summed E-state index contributed by atoms with van der Waals surface area (Å²) in [5.74, 6) is -1.15. The summed E-state index contributed by atoms with van der Waals surface area (Å²) in [6.45, 7) is 0.546. The SMILES string of the molecule is Cn1ncc(C(=O)Nc2cnn(C3CC3O)c2)c1N1CC(Oc2cc(F)cc(C(F)(F)F)c2)C1. The van der Waals surface area contributed by atoms with Gasteiger partial charge < -0.3 is 20.1 Å². The molecule has 0 bridgehead atoms. The van der Waals surface area contributed by atoms with Gasteiger partial charge in [-0.2, -0.15) is 23.4 Å². The Hall–Kier alpha value is -3.61. The van der Waals surface area contributed by atoms with E-state index in [1.54, 1.807) is 22.8 Å². The molecule has 2 aliphatic rings. The Morgan fingerprint density at radius 3 is 2.62 bits per heavy atom. The van der Waals surface area contributed by atoms with Gasteiger partial charge in [0.05, 0.1) is 48.9 Å². The van der Waals surface area contributed by atoms with Gasteiger partial charge in [-0.05, 0) is 12.1 Å². The number of hydrogen-bond donors (Lipinski definition) is 2. The van der Waals surface area contributed by atoms with Gasteiger partial charge in [-0.1, -0.05) is 0 Å². The quantitative estimate of drug-likeness (QED) is 0.527. The van der Waals surface area contributed by atoms with Gasteiger partial charge in [-0.3, -0.25) is 14.2 Å². The highest BCUT2D eigenvalue weighted by Crippen LogP contribution is 2.36. The Morgan fingerprint density at radius 2 is 1.94 bits per heavy atom. The number of benzene rings is 1. The van der Waals surface area contributed by atoms with Crippen molar-refractivity contribution < 1.29 is 32.2 Å². The van der Waals surface area contributed by atoms with Crippen LogP contribution in [0.4, 0.5) is 29.1 Å². The Kier molecular flexibility index (Phi) is 5.23. The second-order valence-electron chi connectivity index (χ2n) is 8.36. The lowest BCUT2D eigenvalue weighted by Gasteiger charge is -2.40. The van der Waals surface area contributed by atoms with Crippen LogP contribution in [0.2, 0.25) is 0 Å². The van der Waals surface area contributed by atoms with E-state index in [0.29, 0.717) is 29.6 Å². The summed E-state index contributed by atoms with van der Waals surface area (Å²) < 4.78 is 61.0. The van der Waals surface area contributed by atoms with Gasteiger partial charge >= 0.3 is 6.18 Å². The summed E-state index contributed by atoms with van der Waals surface area (Å²) in [6, 6.07) is 2.00. The third-order valence-corrected chi connectivity index (χ3v) is 5.72. The molecule has 5 rings (SSSR count). The highest BCUT2D eigenvalue weighted by Gasteiger charge is 2.38. The topological polar surface area (TPSA) is 97.4 Å². The average Bonchev–Trinajstić information content (AvgIpc) is 3.10. The van der Waals surface area contributed by atoms with Gasteiger partial charge in [0.2, 0.25) is 0 Å². The predicted octanol–water partition coefficient (Wildman–Crippen LogP) is 2.60. The molecular weight excluding hydrogens is 460 g/mol. The fourth-order valence-corrected chi connectivity index (χ4v) is 3.87. The molecule has 1 amide bonds. The van der Waals surface area contributed by atoms with Crippen LogP contribution < -0.4 is 15.0 Å². The molecule has 34 heavy (non-hydrogen) atoms. The minimum Gasteiger partial charge on any atom is -0.487 e. The van der Waals surface area contributed by atoms with Crippen LogP contribution in [0.5, 0.6) is 5.75 Å². The standard InChI is InChI=1S/C21H20F4N6O3/c1-29-20(16(7-26-29)19(33)28-13-6-27-31(8-13)17-5-18(17)32)30-9-15(10-30)34-14-3-11(21(23,24)25)2-12(22)4-14/h2-4,6-8,15,17-18,32H,5,9-10H2,1H3,(H,28,33). The summed E-state index contributed by atoms with van der Waals surface area (Å²) >= 11 is 0. The molecule has 0 spiro atoms. The molecule has 2 N–H and O–H groups in total. The number of carbonyl (C=O) groups is 1. The smallest absolute Gasteiger partial charge is 0.416 e. The minimum atomic E-state index is -4.68. The van der Waals surface area contributed by atoms with Gasteiger partial charge in [0.25, 0.3) is 5.91 Å². The lowest BCUT2D eigenvalue weighted by Crippen LogP contribution is -2.55. The van der Waals surface area contributed by atoms with E-state index in [4.69, 9.17) is 4.74 Å². The van der Waals surface area contributed by atoms with Gasteiger partial charge in [-0.25, -0.2) is 4.39 Å². The van der Waals surface area contributed by atoms with E-state index in [1.165, 1.54) is 17.1 Å². The van der Waals surface area contributed by atoms with E-state index in [1.807, 2.05) is 0 Å². The van der Waals surface area contributed by atoms with Crippen LogP contribution in [0.1, 0.15) is 28.4 Å². The first-order chi connectivity index (χ1) is 16.1. The van der Waals surface area contributed by atoms with Crippen molar-refractivity contribution in [2.45, 2.75) is 30.8 Å². The largest absolute Gasteiger partial charge is 0.487 e. The number of anilines is 2. The molecule has 2 atom stereocenters. The van der Waals surface area contributed by atoms with Crippen LogP contribution in [0.25, 0.3) is 0 Å². The number of alkyl halides is 3. The molecule has 1 aliphatic heterocycles. The number of nitrogens with zero attached hydrogens (tertiary/aromatic N) is 5. The number of halogens is 4. The fourth-order valence-electron chi connectivity index (χ4n) is 3.87. The van der Waals surface area contributed by atoms with Crippen molar-refractivity contribution in [2.24, 2.45) is 7.05 Å². The Bertz CT molecular complexity index is 1230. The van der Waals surface area contributed by atoms with Crippen molar-refractivity contribution >= 4 is 17.4 Å². The van der Waals surface area contributed by atoms with Gasteiger partial charge in [0, 0.05) is 25.7 Å². The van der Waals surface area contributed by atoms with E-state index in [-0.39, 0.29) is 24.9 Å². The molecule has 1 aliphatic carbocycles. The molecule has 1 saturated heterocycles. The van der Waals surface area contributed by atoms with Crippen LogP contribution in [-0.2, 0) is 13.2 Å². The van der Waals surface area contributed by atoms with Crippen LogP contribution in [-0.4, -0.2) is 55.9 Å². The molecule has 2 aromatic heterocycles. The highest BCUT2D eigenvalue weighted by molar-refractivity contribution is 6.07. The van der Waals surface area contributed by atoms with Gasteiger partial charge in [-0.15, -0.1) is 0 Å². The normalized spacial score (nSPS) is 20.2. The molecule has 2 unspecified atom stereocenters. The molecule has 0 radical (unpaired) electrons. The van der Waals surface area contributed by atoms with E-state index in [9.17, 15) is 27.5 Å². The fraction of sp³-hybridized carbons (Fsp3) is 0.381. The zero-order valence-corrected chi connectivity index (χ0v) is 17.8. The number of nitrogens with one attached hydrogen (secondary N) is 1. The van der Waals surface area contributed by atoms with Crippen molar-refractivity contribution in [1.82, 2.24) is 19.6 Å². The molecule has 3 aromatic rings. The summed E-state index contributed by atoms with van der Waals surface area (Å²) in [5, 5.41) is 20.5. The average molecular weight is 480 g/mol. The number of aryl methyl sites for hydroxylation is 1. The van der Waals surface area contributed by atoms with E-state index < -0.39 is 35.7 Å². The number of aromatic nitrogens is 4. The molecule has 3 heterocycles. The third-order valence-electron chi connectivity index (χ3n) is 5.72. The van der Waals surface area contributed by atoms with Crippen molar-refractivity contribution in [2.75, 3.05) is 23.3 Å². The summed E-state index contributed by atoms with van der Waals surface area (Å²) in [5.41, 5.74) is -0.357. The van der Waals surface area contributed by atoms with Crippen LogP contribution >= 0.6 is 0 Å². The van der Waals surface area contributed by atoms with Crippen molar-refractivity contribution in [3.8, 4) is 5.75 Å². The maximum atomic E-state index is 13.6. The zero-order valence-electron chi connectivity index (χ0n) is 17.8. The van der Waals surface area contributed by atoms with Crippen LogP contribution in [0, 0.1) is 5.82 Å². The highest BCUT2D eigenvalue weighted by atomic mass is 19.4.